The van der Waals surface area contributed by atoms with Gasteiger partial charge in [0, 0.05) is 24.1 Å². The Hall–Kier alpha value is -4.15. The molecule has 0 saturated carbocycles. The summed E-state index contributed by atoms with van der Waals surface area (Å²) in [5.74, 6) is -1.10. The number of aliphatic carboxylic acids is 1. The number of Topliss-reactive ketones (excluding diaryl/α,β-unsaturated/α-hetero) is 1. The number of carboxylic acids is 1. The number of aromatic nitrogens is 4. The predicted octanol–water partition coefficient (Wildman–Crippen LogP) is 2.21. The van der Waals surface area contributed by atoms with Gasteiger partial charge in [0.1, 0.15) is 5.82 Å². The predicted molar refractivity (Wildman–Crippen MR) is 129 cm³/mol. The number of amides is 1. The van der Waals surface area contributed by atoms with Gasteiger partial charge < -0.3 is 20.7 Å². The molecule has 3 rings (SSSR count). The van der Waals surface area contributed by atoms with E-state index in [4.69, 9.17) is 5.11 Å². The molecule has 2 aromatic heterocycles. The lowest BCUT2D eigenvalue weighted by molar-refractivity contribution is -0.137. The van der Waals surface area contributed by atoms with Crippen LogP contribution in [0.25, 0.3) is 11.2 Å². The highest BCUT2D eigenvalue weighted by atomic mass is 16.4. The summed E-state index contributed by atoms with van der Waals surface area (Å²) in [7, 11) is 0. The first-order valence-corrected chi connectivity index (χ1v) is 11.2. The van der Waals surface area contributed by atoms with Crippen LogP contribution in [0, 0.1) is 12.8 Å². The molecule has 4 N–H and O–H groups in total. The van der Waals surface area contributed by atoms with E-state index in [1.807, 2.05) is 13.8 Å². The van der Waals surface area contributed by atoms with Crippen molar-refractivity contribution >= 4 is 34.5 Å². The number of H-pyrrole nitrogens is 1. The highest BCUT2D eigenvalue weighted by Gasteiger charge is 2.23. The highest BCUT2D eigenvalue weighted by Crippen LogP contribution is 2.13. The van der Waals surface area contributed by atoms with Crippen LogP contribution in [0.5, 0.6) is 0 Å². The summed E-state index contributed by atoms with van der Waals surface area (Å²) in [6.07, 6.45) is 1.64. The second-order valence-corrected chi connectivity index (χ2v) is 8.64. The normalized spacial score (nSPS) is 11.9. The number of aryl methyl sites for hydroxylation is 1. The number of carbonyl (C=O) groups is 3. The zero-order valence-electron chi connectivity index (χ0n) is 19.8. The highest BCUT2D eigenvalue weighted by molar-refractivity contribution is 5.98. The number of fused-ring (bicyclic) bond motifs is 1. The summed E-state index contributed by atoms with van der Waals surface area (Å²) in [5.41, 5.74) is 1.67. The van der Waals surface area contributed by atoms with Crippen LogP contribution in [-0.2, 0) is 16.1 Å². The number of hydrogen-bond acceptors (Lipinski definition) is 8. The zero-order chi connectivity index (χ0) is 25.5. The minimum Gasteiger partial charge on any atom is -0.481 e. The Balaban J connectivity index is 1.63. The summed E-state index contributed by atoms with van der Waals surface area (Å²) < 4.78 is 0. The fourth-order valence-electron chi connectivity index (χ4n) is 3.46. The van der Waals surface area contributed by atoms with Crippen LogP contribution in [0.3, 0.4) is 0 Å². The quantitative estimate of drug-likeness (QED) is 0.322. The van der Waals surface area contributed by atoms with Crippen LogP contribution in [0.1, 0.15) is 55.0 Å². The molecule has 0 radical (unpaired) electrons. The van der Waals surface area contributed by atoms with Crippen molar-refractivity contribution in [3.05, 3.63) is 57.9 Å². The molecule has 2 heterocycles. The number of carboxylic acid groups (broad SMARTS) is 1. The van der Waals surface area contributed by atoms with Crippen molar-refractivity contribution in [2.24, 2.45) is 5.92 Å². The van der Waals surface area contributed by atoms with E-state index in [0.717, 1.165) is 0 Å². The number of carbonyl (C=O) groups excluding carboxylic acids is 2. The first-order valence-electron chi connectivity index (χ1n) is 11.2. The van der Waals surface area contributed by atoms with E-state index >= 15 is 0 Å². The van der Waals surface area contributed by atoms with Crippen LogP contribution < -0.4 is 16.2 Å². The Morgan fingerprint density at radius 2 is 1.83 bits per heavy atom. The molecule has 11 heteroatoms. The van der Waals surface area contributed by atoms with Crippen LogP contribution in [0.15, 0.2) is 35.3 Å². The van der Waals surface area contributed by atoms with Crippen molar-refractivity contribution in [3.8, 4) is 0 Å². The first kappa shape index (κ1) is 25.5. The van der Waals surface area contributed by atoms with Gasteiger partial charge in [-0.05, 0) is 43.5 Å². The van der Waals surface area contributed by atoms with Gasteiger partial charge in [0.15, 0.2) is 16.9 Å². The molecule has 0 fully saturated rings. The molecule has 0 aliphatic carbocycles. The summed E-state index contributed by atoms with van der Waals surface area (Å²) in [6.45, 7) is 5.74. The smallest absolute Gasteiger partial charge is 0.303 e. The average molecular weight is 481 g/mol. The second kappa shape index (κ2) is 11.3. The molecule has 3 aromatic rings. The lowest BCUT2D eigenvalue weighted by atomic mass is 9.98. The Morgan fingerprint density at radius 1 is 1.11 bits per heavy atom. The molecular weight excluding hydrogens is 452 g/mol. The molecule has 0 saturated heterocycles. The third kappa shape index (κ3) is 7.16. The minimum atomic E-state index is -1.02. The molecule has 35 heavy (non-hydrogen) atoms. The van der Waals surface area contributed by atoms with E-state index < -0.39 is 23.5 Å². The fraction of sp³-hybridized carbons (Fsp3) is 0.375. The SMILES string of the molecule is Cc1nc(=O)c2nc(CNc3ccc(C(=O)N[C@@H](CCC(=O)O)C(=O)CC(C)C)cc3)cnc2[nH]1. The number of rotatable bonds is 11. The van der Waals surface area contributed by atoms with E-state index in [1.54, 1.807) is 37.4 Å². The molecule has 0 unspecified atom stereocenters. The van der Waals surface area contributed by atoms with E-state index in [9.17, 15) is 19.2 Å². The molecule has 0 aliphatic heterocycles. The van der Waals surface area contributed by atoms with Crippen molar-refractivity contribution in [1.82, 2.24) is 25.3 Å². The standard InChI is InChI=1S/C24H28N6O5/c1-13(2)10-19(31)18(8-9-20(32)33)30-23(34)15-4-6-16(7-5-15)25-11-17-12-26-22-21(29-17)24(35)28-14(3)27-22/h4-7,12-13,18,25H,8-11H2,1-3H3,(H,30,34)(H,32,33)(H,26,27,28,35)/t18-/m0/s1. The Morgan fingerprint density at radius 3 is 2.49 bits per heavy atom. The van der Waals surface area contributed by atoms with Crippen LogP contribution in [0.4, 0.5) is 5.69 Å². The topological polar surface area (TPSA) is 167 Å². The molecule has 1 amide bonds. The number of hydrogen-bond donors (Lipinski definition) is 4. The van der Waals surface area contributed by atoms with E-state index in [0.29, 0.717) is 35.0 Å². The zero-order valence-corrected chi connectivity index (χ0v) is 19.8. The fourth-order valence-corrected chi connectivity index (χ4v) is 3.46. The van der Waals surface area contributed by atoms with Gasteiger partial charge in [-0.2, -0.15) is 4.98 Å². The maximum absolute atomic E-state index is 12.7. The number of anilines is 1. The second-order valence-electron chi connectivity index (χ2n) is 8.64. The molecule has 1 atom stereocenters. The van der Waals surface area contributed by atoms with Crippen molar-refractivity contribution in [3.63, 3.8) is 0 Å². The molecule has 0 aliphatic rings. The van der Waals surface area contributed by atoms with Gasteiger partial charge in [0.2, 0.25) is 0 Å². The van der Waals surface area contributed by atoms with Crippen molar-refractivity contribution in [2.45, 2.75) is 52.6 Å². The summed E-state index contributed by atoms with van der Waals surface area (Å²) in [4.78, 5) is 63.4. The summed E-state index contributed by atoms with van der Waals surface area (Å²) in [5, 5.41) is 14.8. The van der Waals surface area contributed by atoms with Crippen LogP contribution in [0.2, 0.25) is 0 Å². The lowest BCUT2D eigenvalue weighted by Crippen LogP contribution is -2.41. The monoisotopic (exact) mass is 480 g/mol. The van der Waals surface area contributed by atoms with Crippen molar-refractivity contribution < 1.29 is 19.5 Å². The van der Waals surface area contributed by atoms with Crippen molar-refractivity contribution in [2.75, 3.05) is 5.32 Å². The van der Waals surface area contributed by atoms with Crippen LogP contribution in [-0.4, -0.2) is 48.7 Å². The molecule has 0 bridgehead atoms. The van der Waals surface area contributed by atoms with Gasteiger partial charge in [0.25, 0.3) is 5.91 Å². The lowest BCUT2D eigenvalue weighted by Gasteiger charge is -2.18. The molecule has 1 aromatic carbocycles. The average Bonchev–Trinajstić information content (AvgIpc) is 2.80. The summed E-state index contributed by atoms with van der Waals surface area (Å²) >= 11 is 0. The Kier molecular flexibility index (Phi) is 8.24. The first-order chi connectivity index (χ1) is 16.6. The third-order valence-electron chi connectivity index (χ3n) is 5.16. The third-order valence-corrected chi connectivity index (χ3v) is 5.16. The van der Waals surface area contributed by atoms with Crippen LogP contribution >= 0.6 is 0 Å². The number of nitrogens with zero attached hydrogens (tertiary/aromatic N) is 3. The van der Waals surface area contributed by atoms with E-state index in [2.05, 4.69) is 30.6 Å². The molecule has 184 valence electrons. The van der Waals surface area contributed by atoms with Crippen molar-refractivity contribution in [1.29, 1.82) is 0 Å². The van der Waals surface area contributed by atoms with Gasteiger partial charge in [-0.3, -0.25) is 19.2 Å². The minimum absolute atomic E-state index is 0.0387. The van der Waals surface area contributed by atoms with Gasteiger partial charge in [-0.15, -0.1) is 0 Å². The number of aromatic amines is 1. The van der Waals surface area contributed by atoms with Gasteiger partial charge in [-0.1, -0.05) is 13.8 Å². The van der Waals surface area contributed by atoms with E-state index in [1.165, 1.54) is 0 Å². The van der Waals surface area contributed by atoms with E-state index in [-0.39, 0.29) is 36.5 Å². The largest absolute Gasteiger partial charge is 0.481 e. The number of nitrogens with one attached hydrogen (secondary N) is 3. The Labute approximate surface area is 201 Å². The van der Waals surface area contributed by atoms with Gasteiger partial charge in [0.05, 0.1) is 24.5 Å². The molecule has 11 nitrogen and oxygen atoms in total. The number of ketones is 1. The maximum Gasteiger partial charge on any atom is 0.303 e. The Bertz CT molecular complexity index is 1290. The van der Waals surface area contributed by atoms with Gasteiger partial charge >= 0.3 is 11.5 Å². The van der Waals surface area contributed by atoms with Gasteiger partial charge in [-0.25, -0.2) is 9.97 Å². The summed E-state index contributed by atoms with van der Waals surface area (Å²) in [6, 6.07) is 5.74. The molecular formula is C24H28N6O5. The molecule has 0 spiro atoms. The maximum atomic E-state index is 12.7. The number of benzene rings is 1.